The second kappa shape index (κ2) is 4.34. The van der Waals surface area contributed by atoms with Crippen LogP contribution in [0.2, 0.25) is 0 Å². The summed E-state index contributed by atoms with van der Waals surface area (Å²) in [5.41, 5.74) is 1.49. The Kier molecular flexibility index (Phi) is 3.06. The van der Waals surface area contributed by atoms with Crippen LogP contribution < -0.4 is 15.0 Å². The first-order valence-corrected chi connectivity index (χ1v) is 5.75. The van der Waals surface area contributed by atoms with E-state index in [0.717, 1.165) is 18.8 Å². The molecule has 2 rings (SSSR count). The lowest BCUT2D eigenvalue weighted by Gasteiger charge is -2.25. The van der Waals surface area contributed by atoms with E-state index in [0.29, 0.717) is 0 Å². The predicted octanol–water partition coefficient (Wildman–Crippen LogP) is 1.88. The fraction of sp³-hybridized carbons (Fsp3) is 0.538. The van der Waals surface area contributed by atoms with Gasteiger partial charge in [-0.2, -0.15) is 0 Å². The lowest BCUT2D eigenvalue weighted by Crippen LogP contribution is -2.42. The number of likely N-dealkylation sites (N-methyl/N-ethyl adjacent to an activating group) is 1. The van der Waals surface area contributed by atoms with Crippen LogP contribution in [0.25, 0.3) is 0 Å². The van der Waals surface area contributed by atoms with Gasteiger partial charge in [0.05, 0.1) is 7.11 Å². The molecular weight excluding hydrogens is 200 g/mol. The average molecular weight is 220 g/mol. The average Bonchev–Trinajstić information content (AvgIpc) is 2.73. The summed E-state index contributed by atoms with van der Waals surface area (Å²) in [6.45, 7) is 4.42. The van der Waals surface area contributed by atoms with Gasteiger partial charge in [-0.05, 0) is 32.5 Å². The van der Waals surface area contributed by atoms with E-state index in [4.69, 9.17) is 4.74 Å². The first kappa shape index (κ1) is 11.3. The normalized spacial score (nSPS) is 24.8. The Bertz CT molecular complexity index is 367. The third-order valence-electron chi connectivity index (χ3n) is 3.50. The molecule has 1 atom stereocenters. The smallest absolute Gasteiger partial charge is 0.120 e. The fourth-order valence-electron chi connectivity index (χ4n) is 2.19. The Balaban J connectivity index is 2.14. The van der Waals surface area contributed by atoms with Crippen LogP contribution in [-0.4, -0.2) is 32.8 Å². The van der Waals surface area contributed by atoms with Crippen molar-refractivity contribution in [2.45, 2.75) is 18.9 Å². The van der Waals surface area contributed by atoms with Crippen LogP contribution in [-0.2, 0) is 0 Å². The molecule has 1 N–H and O–H groups in total. The van der Waals surface area contributed by atoms with Gasteiger partial charge in [-0.3, -0.25) is 0 Å². The van der Waals surface area contributed by atoms with Crippen LogP contribution in [0.15, 0.2) is 24.3 Å². The van der Waals surface area contributed by atoms with Crippen LogP contribution in [0.3, 0.4) is 0 Å². The molecule has 0 spiro atoms. The van der Waals surface area contributed by atoms with Crippen molar-refractivity contribution in [1.29, 1.82) is 0 Å². The molecule has 0 aliphatic carbocycles. The third-order valence-corrected chi connectivity index (χ3v) is 3.50. The molecule has 1 unspecified atom stereocenters. The summed E-state index contributed by atoms with van der Waals surface area (Å²) in [5.74, 6) is 0.926. The Labute approximate surface area is 97.4 Å². The number of hydrogen-bond acceptors (Lipinski definition) is 3. The van der Waals surface area contributed by atoms with Crippen molar-refractivity contribution in [1.82, 2.24) is 5.32 Å². The Morgan fingerprint density at radius 1 is 1.44 bits per heavy atom. The van der Waals surface area contributed by atoms with Gasteiger partial charge in [0.2, 0.25) is 0 Å². The SMILES string of the molecule is CNC1(C)CCN(c2cccc(OC)c2)C1. The van der Waals surface area contributed by atoms with Crippen LogP contribution in [0.1, 0.15) is 13.3 Å². The van der Waals surface area contributed by atoms with Gasteiger partial charge < -0.3 is 15.0 Å². The quantitative estimate of drug-likeness (QED) is 0.842. The zero-order valence-corrected chi connectivity index (χ0v) is 10.3. The zero-order chi connectivity index (χ0) is 11.6. The molecule has 3 nitrogen and oxygen atoms in total. The van der Waals surface area contributed by atoms with E-state index >= 15 is 0 Å². The number of ether oxygens (including phenoxy) is 1. The van der Waals surface area contributed by atoms with Gasteiger partial charge in [0, 0.05) is 30.4 Å². The van der Waals surface area contributed by atoms with Gasteiger partial charge in [0.1, 0.15) is 5.75 Å². The molecule has 1 saturated heterocycles. The molecule has 1 aliphatic rings. The maximum atomic E-state index is 5.25. The second-order valence-electron chi connectivity index (χ2n) is 4.68. The molecule has 0 amide bonds. The topological polar surface area (TPSA) is 24.5 Å². The van der Waals surface area contributed by atoms with Crippen molar-refractivity contribution in [2.75, 3.05) is 32.1 Å². The van der Waals surface area contributed by atoms with E-state index in [-0.39, 0.29) is 5.54 Å². The summed E-state index contributed by atoms with van der Waals surface area (Å²) in [5, 5.41) is 3.40. The molecule has 1 aromatic rings. The first-order valence-electron chi connectivity index (χ1n) is 5.75. The highest BCUT2D eigenvalue weighted by atomic mass is 16.5. The summed E-state index contributed by atoms with van der Waals surface area (Å²) in [6.07, 6.45) is 1.18. The molecule has 88 valence electrons. The van der Waals surface area contributed by atoms with Gasteiger partial charge >= 0.3 is 0 Å². The summed E-state index contributed by atoms with van der Waals surface area (Å²) in [7, 11) is 3.75. The largest absolute Gasteiger partial charge is 0.497 e. The maximum absolute atomic E-state index is 5.25. The van der Waals surface area contributed by atoms with Crippen molar-refractivity contribution in [2.24, 2.45) is 0 Å². The van der Waals surface area contributed by atoms with E-state index in [1.54, 1.807) is 7.11 Å². The highest BCUT2D eigenvalue weighted by molar-refractivity contribution is 5.52. The number of methoxy groups -OCH3 is 1. The minimum atomic E-state index is 0.239. The van der Waals surface area contributed by atoms with Crippen LogP contribution in [0.5, 0.6) is 5.75 Å². The summed E-state index contributed by atoms with van der Waals surface area (Å²) in [6, 6.07) is 8.27. The molecule has 0 bridgehead atoms. The molecule has 0 aromatic heterocycles. The molecule has 3 heteroatoms. The zero-order valence-electron chi connectivity index (χ0n) is 10.3. The minimum absolute atomic E-state index is 0.239. The van der Waals surface area contributed by atoms with Gasteiger partial charge in [-0.1, -0.05) is 6.07 Å². The van der Waals surface area contributed by atoms with Crippen LogP contribution >= 0.6 is 0 Å². The number of hydrogen-bond donors (Lipinski definition) is 1. The van der Waals surface area contributed by atoms with Crippen LogP contribution in [0.4, 0.5) is 5.69 Å². The highest BCUT2D eigenvalue weighted by Gasteiger charge is 2.32. The third kappa shape index (κ3) is 2.14. The molecule has 1 aromatic carbocycles. The molecule has 1 aliphatic heterocycles. The van der Waals surface area contributed by atoms with E-state index < -0.39 is 0 Å². The van der Waals surface area contributed by atoms with Crippen molar-refractivity contribution in [3.8, 4) is 5.75 Å². The molecule has 1 heterocycles. The van der Waals surface area contributed by atoms with E-state index in [9.17, 15) is 0 Å². The molecule has 1 fully saturated rings. The van der Waals surface area contributed by atoms with Gasteiger partial charge in [0.15, 0.2) is 0 Å². The van der Waals surface area contributed by atoms with Gasteiger partial charge in [-0.25, -0.2) is 0 Å². The van der Waals surface area contributed by atoms with Gasteiger partial charge in [0.25, 0.3) is 0 Å². The lowest BCUT2D eigenvalue weighted by atomic mass is 10.0. The fourth-order valence-corrected chi connectivity index (χ4v) is 2.19. The Morgan fingerprint density at radius 3 is 2.88 bits per heavy atom. The first-order chi connectivity index (χ1) is 7.67. The number of nitrogens with zero attached hydrogens (tertiary/aromatic N) is 1. The number of rotatable bonds is 3. The van der Waals surface area contributed by atoms with Crippen molar-refractivity contribution in [3.05, 3.63) is 24.3 Å². The second-order valence-corrected chi connectivity index (χ2v) is 4.68. The lowest BCUT2D eigenvalue weighted by molar-refractivity contribution is 0.414. The summed E-state index contributed by atoms with van der Waals surface area (Å²) >= 11 is 0. The van der Waals surface area contributed by atoms with E-state index in [1.165, 1.54) is 12.1 Å². The molecular formula is C13H20N2O. The van der Waals surface area contributed by atoms with Crippen molar-refractivity contribution in [3.63, 3.8) is 0 Å². The van der Waals surface area contributed by atoms with Crippen molar-refractivity contribution < 1.29 is 4.74 Å². The number of anilines is 1. The predicted molar refractivity (Wildman–Crippen MR) is 67.3 cm³/mol. The molecule has 0 saturated carbocycles. The Hall–Kier alpha value is -1.22. The summed E-state index contributed by atoms with van der Waals surface area (Å²) in [4.78, 5) is 2.40. The minimum Gasteiger partial charge on any atom is -0.497 e. The monoisotopic (exact) mass is 220 g/mol. The van der Waals surface area contributed by atoms with E-state index in [2.05, 4.69) is 29.3 Å². The number of benzene rings is 1. The van der Waals surface area contributed by atoms with Gasteiger partial charge in [-0.15, -0.1) is 0 Å². The molecule has 0 radical (unpaired) electrons. The summed E-state index contributed by atoms with van der Waals surface area (Å²) < 4.78 is 5.25. The highest BCUT2D eigenvalue weighted by Crippen LogP contribution is 2.28. The van der Waals surface area contributed by atoms with Crippen LogP contribution in [0, 0.1) is 0 Å². The standard InChI is InChI=1S/C13H20N2O/c1-13(14-2)7-8-15(10-13)11-5-4-6-12(9-11)16-3/h4-6,9,14H,7-8,10H2,1-3H3. The van der Waals surface area contributed by atoms with Crippen molar-refractivity contribution >= 4 is 5.69 Å². The molecule has 16 heavy (non-hydrogen) atoms. The Morgan fingerprint density at radius 2 is 2.25 bits per heavy atom. The maximum Gasteiger partial charge on any atom is 0.120 e. The van der Waals surface area contributed by atoms with E-state index in [1.807, 2.05) is 19.2 Å². The number of nitrogens with one attached hydrogen (secondary N) is 1.